The summed E-state index contributed by atoms with van der Waals surface area (Å²) < 4.78 is 68.5. The number of fused-ring (bicyclic) bond motifs is 2. The maximum atomic E-state index is 11.4. The number of hydrogen-bond acceptors (Lipinski definition) is 16. The van der Waals surface area contributed by atoms with Crippen LogP contribution in [0.4, 0.5) is 34.1 Å². The maximum Gasteiger partial charge on any atom is 2.00 e. The smallest absolute Gasteiger partial charge is 0.744 e. The van der Waals surface area contributed by atoms with E-state index in [0.29, 0.717) is 11.1 Å². The first-order chi connectivity index (χ1) is 25.4. The van der Waals surface area contributed by atoms with E-state index in [1.807, 2.05) is 0 Å². The molecule has 0 aromatic heterocycles. The third-order valence-electron chi connectivity index (χ3n) is 7.79. The molecule has 2 N–H and O–H groups in total. The van der Waals surface area contributed by atoms with Crippen molar-refractivity contribution in [1.82, 2.24) is 0 Å². The molecule has 0 saturated heterocycles. The molecule has 6 aromatic rings. The van der Waals surface area contributed by atoms with Crippen LogP contribution in [-0.2, 0) is 20.2 Å². The summed E-state index contributed by atoms with van der Waals surface area (Å²) in [6.07, 6.45) is 0. The van der Waals surface area contributed by atoms with E-state index in [-0.39, 0.29) is 116 Å². The molecule has 6 aromatic carbocycles. The number of rotatable bonds is 8. The predicted molar refractivity (Wildman–Crippen MR) is 197 cm³/mol. The quantitative estimate of drug-likeness (QED) is 0.0486. The molecule has 0 heterocycles. The molecule has 0 aliphatic rings. The van der Waals surface area contributed by atoms with Gasteiger partial charge in [-0.05, 0) is 62.4 Å². The van der Waals surface area contributed by atoms with E-state index in [1.165, 1.54) is 84.9 Å². The Hall–Kier alpha value is -5.17. The van der Waals surface area contributed by atoms with Crippen LogP contribution in [0.1, 0.15) is 11.1 Å². The number of aryl methyl sites for hydroxylation is 2. The molecular formula is C34H24BaN6O12S2. The minimum absolute atomic E-state index is 0. The molecule has 55 heavy (non-hydrogen) atoms. The van der Waals surface area contributed by atoms with Gasteiger partial charge in [0.1, 0.15) is 43.1 Å². The van der Waals surface area contributed by atoms with Gasteiger partial charge in [0.15, 0.2) is 0 Å². The third-order valence-corrected chi connectivity index (χ3v) is 9.58. The molecule has 6 rings (SSSR count). The molecule has 0 aliphatic heterocycles. The molecule has 0 fully saturated rings. The molecule has 0 unspecified atom stereocenters. The first-order valence-electron chi connectivity index (χ1n) is 15.1. The summed E-state index contributed by atoms with van der Waals surface area (Å²) in [5, 5.41) is 58.4. The molecular weight excluding hydrogens is 886 g/mol. The SMILES string of the molecule is Cc1ccc(N=Nc2c(O)ccc3c(S(=O)(=O)[O-])cccc23)cc1[N+](=O)[O-].Cc1ccc(N=Nc2c(O)ccc3c(S(=O)(=O)[O-])cccc23)cc1[N+](=O)[O-].[Ba+2]. The first kappa shape index (κ1) is 42.6. The number of nitrogens with zero attached hydrogens (tertiary/aromatic N) is 6. The first-order valence-corrected chi connectivity index (χ1v) is 17.9. The van der Waals surface area contributed by atoms with Crippen molar-refractivity contribution in [3.63, 3.8) is 0 Å². The largest absolute Gasteiger partial charge is 2.00 e. The van der Waals surface area contributed by atoms with Crippen LogP contribution < -0.4 is 0 Å². The molecule has 0 bridgehead atoms. The molecule has 0 radical (unpaired) electrons. The van der Waals surface area contributed by atoms with E-state index in [1.54, 1.807) is 13.8 Å². The molecule has 0 aliphatic carbocycles. The van der Waals surface area contributed by atoms with Gasteiger partial charge in [-0.2, -0.15) is 10.2 Å². The molecule has 21 heteroatoms. The van der Waals surface area contributed by atoms with Gasteiger partial charge < -0.3 is 19.3 Å². The zero-order valence-corrected chi connectivity index (χ0v) is 34.5. The minimum Gasteiger partial charge on any atom is -0.744 e. The Morgan fingerprint density at radius 2 is 0.891 bits per heavy atom. The van der Waals surface area contributed by atoms with Crippen molar-refractivity contribution >= 4 is 125 Å². The fourth-order valence-corrected chi connectivity index (χ4v) is 6.56. The second-order valence-electron chi connectivity index (χ2n) is 11.3. The van der Waals surface area contributed by atoms with E-state index >= 15 is 0 Å². The topological polar surface area (TPSA) is 291 Å². The minimum atomic E-state index is -4.72. The Morgan fingerprint density at radius 1 is 0.527 bits per heavy atom. The fourth-order valence-electron chi connectivity index (χ4n) is 5.18. The van der Waals surface area contributed by atoms with E-state index in [9.17, 15) is 56.4 Å². The number of benzene rings is 6. The molecule has 0 saturated carbocycles. The van der Waals surface area contributed by atoms with Crippen molar-refractivity contribution in [2.45, 2.75) is 23.6 Å². The van der Waals surface area contributed by atoms with Crippen LogP contribution in [0.5, 0.6) is 11.5 Å². The number of aromatic hydroxyl groups is 2. The average Bonchev–Trinajstić information content (AvgIpc) is 3.10. The number of nitro benzene ring substituents is 2. The molecule has 0 amide bonds. The van der Waals surface area contributed by atoms with Gasteiger partial charge in [-0.1, -0.05) is 36.4 Å². The van der Waals surface area contributed by atoms with Gasteiger partial charge in [0, 0.05) is 44.8 Å². The summed E-state index contributed by atoms with van der Waals surface area (Å²) in [6.45, 7) is 3.17. The molecule has 18 nitrogen and oxygen atoms in total. The van der Waals surface area contributed by atoms with Crippen LogP contribution in [-0.4, -0.2) is 94.9 Å². The fraction of sp³-hybridized carbons (Fsp3) is 0.0588. The monoisotopic (exact) mass is 910 g/mol. The second-order valence-corrected chi connectivity index (χ2v) is 14.0. The number of phenols is 2. The summed E-state index contributed by atoms with van der Waals surface area (Å²) in [6, 6.07) is 21.5. The molecule has 0 atom stereocenters. The third kappa shape index (κ3) is 9.75. The van der Waals surface area contributed by atoms with Gasteiger partial charge >= 0.3 is 48.9 Å². The Balaban J connectivity index is 0.000000240. The van der Waals surface area contributed by atoms with Crippen molar-refractivity contribution in [3.8, 4) is 11.5 Å². The number of azo groups is 2. The van der Waals surface area contributed by atoms with Gasteiger partial charge in [-0.3, -0.25) is 20.2 Å². The summed E-state index contributed by atoms with van der Waals surface area (Å²) in [4.78, 5) is 20.1. The second kappa shape index (κ2) is 17.1. The molecule has 0 spiro atoms. The molecule has 276 valence electrons. The van der Waals surface area contributed by atoms with Gasteiger partial charge in [-0.25, -0.2) is 16.8 Å². The van der Waals surface area contributed by atoms with Crippen LogP contribution >= 0.6 is 0 Å². The van der Waals surface area contributed by atoms with Gasteiger partial charge in [0.05, 0.1) is 31.0 Å². The predicted octanol–water partition coefficient (Wildman–Crippen LogP) is 7.78. The summed E-state index contributed by atoms with van der Waals surface area (Å²) in [5.41, 5.74) is 0.895. The van der Waals surface area contributed by atoms with Crippen molar-refractivity contribution < 1.29 is 46.0 Å². The van der Waals surface area contributed by atoms with Crippen molar-refractivity contribution in [1.29, 1.82) is 0 Å². The van der Waals surface area contributed by atoms with E-state index in [0.717, 1.165) is 12.1 Å². The number of nitro groups is 2. The zero-order chi connectivity index (χ0) is 39.5. The van der Waals surface area contributed by atoms with Crippen LogP contribution in [0, 0.1) is 34.1 Å². The van der Waals surface area contributed by atoms with Gasteiger partial charge in [-0.15, -0.1) is 10.2 Å². The summed E-state index contributed by atoms with van der Waals surface area (Å²) >= 11 is 0. The van der Waals surface area contributed by atoms with Crippen LogP contribution in [0.2, 0.25) is 0 Å². The van der Waals surface area contributed by atoms with E-state index < -0.39 is 39.9 Å². The van der Waals surface area contributed by atoms with Crippen LogP contribution in [0.3, 0.4) is 0 Å². The summed E-state index contributed by atoms with van der Waals surface area (Å²) in [7, 11) is -9.45. The number of phenolic OH excluding ortho intramolecular Hbond substituents is 2. The number of hydrogen-bond donors (Lipinski definition) is 2. The zero-order valence-electron chi connectivity index (χ0n) is 28.4. The summed E-state index contributed by atoms with van der Waals surface area (Å²) in [5.74, 6) is -0.568. The van der Waals surface area contributed by atoms with Gasteiger partial charge in [0.25, 0.3) is 11.4 Å². The van der Waals surface area contributed by atoms with Crippen LogP contribution in [0.15, 0.2) is 127 Å². The van der Waals surface area contributed by atoms with Crippen molar-refractivity contribution in [3.05, 3.63) is 128 Å². The Morgan fingerprint density at radius 3 is 1.22 bits per heavy atom. The Kier molecular flexibility index (Phi) is 13.2. The van der Waals surface area contributed by atoms with Crippen molar-refractivity contribution in [2.24, 2.45) is 20.5 Å². The van der Waals surface area contributed by atoms with Crippen molar-refractivity contribution in [2.75, 3.05) is 0 Å². The maximum absolute atomic E-state index is 11.4. The standard InChI is InChI=1S/2C17H13N3O6S.Ba/c2*1-10-5-6-11(9-14(10)20(22)23)18-19-17-13-3-2-4-16(27(24,25)26)12(13)7-8-15(17)21;/h2*2-9,21H,1H3,(H,24,25,26);/q;;+2/p-2. The van der Waals surface area contributed by atoms with Crippen LogP contribution in [0.25, 0.3) is 21.5 Å². The van der Waals surface area contributed by atoms with E-state index in [4.69, 9.17) is 0 Å². The normalized spacial score (nSPS) is 11.7. The van der Waals surface area contributed by atoms with Gasteiger partial charge in [0.2, 0.25) is 0 Å². The average molecular weight is 910 g/mol. The Labute approximate surface area is 351 Å². The Bertz CT molecular complexity index is 2610. The van der Waals surface area contributed by atoms with E-state index in [2.05, 4.69) is 20.5 Å².